The molecule has 1 amide bonds. The third-order valence-electron chi connectivity index (χ3n) is 2.50. The van der Waals surface area contributed by atoms with Gasteiger partial charge < -0.3 is 10.4 Å². The highest BCUT2D eigenvalue weighted by Gasteiger charge is 2.30. The summed E-state index contributed by atoms with van der Waals surface area (Å²) in [7, 11) is 1.76. The van der Waals surface area contributed by atoms with Gasteiger partial charge in [0.05, 0.1) is 12.1 Å². The number of hydrogen-bond acceptors (Lipinski definition) is 3. The van der Waals surface area contributed by atoms with E-state index in [4.69, 9.17) is 0 Å². The molecular weight excluding hydrogens is 182 g/mol. The first-order valence-electron chi connectivity index (χ1n) is 4.65. The molecule has 1 fully saturated rings. The summed E-state index contributed by atoms with van der Waals surface area (Å²) < 4.78 is 1.58. The number of aryl methyl sites for hydroxylation is 1. The molecule has 5 heteroatoms. The molecule has 0 aromatic carbocycles. The fourth-order valence-corrected chi connectivity index (χ4v) is 1.43. The minimum absolute atomic E-state index is 0.0930. The minimum Gasteiger partial charge on any atom is -0.391 e. The molecule has 1 aromatic rings. The first kappa shape index (κ1) is 9.21. The maximum Gasteiger partial charge on any atom is 0.272 e. The monoisotopic (exact) mass is 195 g/mol. The van der Waals surface area contributed by atoms with Crippen LogP contribution >= 0.6 is 0 Å². The molecule has 2 N–H and O–H groups in total. The second-order valence-corrected chi connectivity index (χ2v) is 3.60. The number of carbonyl (C=O) groups is 1. The summed E-state index contributed by atoms with van der Waals surface area (Å²) in [5, 5.41) is 16.0. The van der Waals surface area contributed by atoms with Gasteiger partial charge in [0, 0.05) is 13.2 Å². The normalized spacial score (nSPS) is 25.6. The summed E-state index contributed by atoms with van der Waals surface area (Å²) in [5.41, 5.74) is 0.395. The Hall–Kier alpha value is -1.36. The van der Waals surface area contributed by atoms with Gasteiger partial charge in [-0.15, -0.1) is 0 Å². The van der Waals surface area contributed by atoms with Crippen molar-refractivity contribution < 1.29 is 9.90 Å². The van der Waals surface area contributed by atoms with E-state index in [1.807, 2.05) is 0 Å². The molecule has 5 nitrogen and oxygen atoms in total. The smallest absolute Gasteiger partial charge is 0.272 e. The molecule has 1 aromatic heterocycles. The number of nitrogens with one attached hydrogen (secondary N) is 1. The summed E-state index contributed by atoms with van der Waals surface area (Å²) >= 11 is 0. The highest BCUT2D eigenvalue weighted by Crippen LogP contribution is 2.19. The highest BCUT2D eigenvalue weighted by molar-refractivity contribution is 5.92. The number of nitrogens with zero attached hydrogens (tertiary/aromatic N) is 2. The molecule has 1 aliphatic carbocycles. The lowest BCUT2D eigenvalue weighted by molar-refractivity contribution is 0.0445. The number of rotatable bonds is 2. The number of aromatic nitrogens is 2. The second-order valence-electron chi connectivity index (χ2n) is 3.60. The Kier molecular flexibility index (Phi) is 2.25. The van der Waals surface area contributed by atoms with E-state index in [1.54, 1.807) is 24.0 Å². The van der Waals surface area contributed by atoms with E-state index in [2.05, 4.69) is 10.4 Å². The molecule has 1 aliphatic rings. The predicted octanol–water partition coefficient (Wildman–Crippen LogP) is -0.327. The third-order valence-corrected chi connectivity index (χ3v) is 2.50. The van der Waals surface area contributed by atoms with Gasteiger partial charge >= 0.3 is 0 Å². The molecular formula is C9H13N3O2. The zero-order valence-corrected chi connectivity index (χ0v) is 7.97. The molecule has 1 saturated carbocycles. The molecule has 0 bridgehead atoms. The summed E-state index contributed by atoms with van der Waals surface area (Å²) in [6, 6.07) is 1.56. The van der Waals surface area contributed by atoms with Crippen LogP contribution in [0.25, 0.3) is 0 Å². The summed E-state index contributed by atoms with van der Waals surface area (Å²) in [4.78, 5) is 11.5. The Morgan fingerprint density at radius 3 is 2.93 bits per heavy atom. The zero-order chi connectivity index (χ0) is 10.1. The lowest BCUT2D eigenvalue weighted by atomic mass is 9.89. The average molecular weight is 195 g/mol. The van der Waals surface area contributed by atoms with Crippen LogP contribution < -0.4 is 5.32 Å². The van der Waals surface area contributed by atoms with Crippen LogP contribution in [-0.2, 0) is 7.05 Å². The molecule has 0 unspecified atom stereocenters. The van der Waals surface area contributed by atoms with Crippen molar-refractivity contribution in [3.05, 3.63) is 18.0 Å². The zero-order valence-electron chi connectivity index (χ0n) is 7.97. The van der Waals surface area contributed by atoms with Crippen molar-refractivity contribution in [3.63, 3.8) is 0 Å². The van der Waals surface area contributed by atoms with Crippen LogP contribution in [0.15, 0.2) is 12.3 Å². The van der Waals surface area contributed by atoms with Crippen LogP contribution in [0.4, 0.5) is 0 Å². The van der Waals surface area contributed by atoms with Gasteiger partial charge in [-0.2, -0.15) is 5.10 Å². The van der Waals surface area contributed by atoms with Gasteiger partial charge in [-0.25, -0.2) is 0 Å². The van der Waals surface area contributed by atoms with Crippen molar-refractivity contribution in [2.24, 2.45) is 7.05 Å². The quantitative estimate of drug-likeness (QED) is 0.679. The van der Waals surface area contributed by atoms with Gasteiger partial charge in [-0.05, 0) is 18.9 Å². The van der Waals surface area contributed by atoms with Gasteiger partial charge in [0.1, 0.15) is 5.69 Å². The Bertz CT molecular complexity index is 348. The lowest BCUT2D eigenvalue weighted by Crippen LogP contribution is -2.50. The van der Waals surface area contributed by atoms with Crippen LogP contribution in [0, 0.1) is 0 Å². The average Bonchev–Trinajstić information content (AvgIpc) is 2.58. The van der Waals surface area contributed by atoms with Crippen molar-refractivity contribution in [3.8, 4) is 0 Å². The van der Waals surface area contributed by atoms with Gasteiger partial charge in [-0.1, -0.05) is 0 Å². The molecule has 2 rings (SSSR count). The van der Waals surface area contributed by atoms with E-state index < -0.39 is 0 Å². The molecule has 2 atom stereocenters. The third kappa shape index (κ3) is 1.63. The number of carbonyl (C=O) groups excluding carboxylic acids is 1. The fourth-order valence-electron chi connectivity index (χ4n) is 1.43. The molecule has 0 spiro atoms. The lowest BCUT2D eigenvalue weighted by Gasteiger charge is -2.32. The molecule has 14 heavy (non-hydrogen) atoms. The van der Waals surface area contributed by atoms with Crippen LogP contribution in [-0.4, -0.2) is 32.9 Å². The number of amides is 1. The van der Waals surface area contributed by atoms with Crippen LogP contribution in [0.2, 0.25) is 0 Å². The Labute approximate surface area is 81.7 Å². The van der Waals surface area contributed by atoms with Crippen LogP contribution in [0.1, 0.15) is 23.3 Å². The van der Waals surface area contributed by atoms with E-state index >= 15 is 0 Å². The first-order chi connectivity index (χ1) is 6.66. The van der Waals surface area contributed by atoms with Crippen molar-refractivity contribution >= 4 is 5.91 Å². The van der Waals surface area contributed by atoms with Crippen molar-refractivity contribution in [2.45, 2.75) is 25.0 Å². The van der Waals surface area contributed by atoms with Gasteiger partial charge in [-0.3, -0.25) is 9.48 Å². The summed E-state index contributed by atoms with van der Waals surface area (Å²) in [6.07, 6.45) is 2.95. The molecule has 76 valence electrons. The van der Waals surface area contributed by atoms with Crippen LogP contribution in [0.3, 0.4) is 0 Å². The van der Waals surface area contributed by atoms with E-state index in [1.165, 1.54) is 0 Å². The van der Waals surface area contributed by atoms with Crippen LogP contribution in [0.5, 0.6) is 0 Å². The fraction of sp³-hybridized carbons (Fsp3) is 0.556. The van der Waals surface area contributed by atoms with Crippen molar-refractivity contribution in [1.82, 2.24) is 15.1 Å². The topological polar surface area (TPSA) is 67.2 Å². The summed E-state index contributed by atoms with van der Waals surface area (Å²) in [6.45, 7) is 0. The van der Waals surface area contributed by atoms with Crippen molar-refractivity contribution in [1.29, 1.82) is 0 Å². The van der Waals surface area contributed by atoms with E-state index in [0.717, 1.165) is 12.8 Å². The summed E-state index contributed by atoms with van der Waals surface area (Å²) in [5.74, 6) is -0.214. The largest absolute Gasteiger partial charge is 0.391 e. The number of aliphatic hydroxyl groups excluding tert-OH is 1. The highest BCUT2D eigenvalue weighted by atomic mass is 16.3. The van der Waals surface area contributed by atoms with E-state index in [0.29, 0.717) is 5.69 Å². The van der Waals surface area contributed by atoms with Crippen molar-refractivity contribution in [2.75, 3.05) is 0 Å². The van der Waals surface area contributed by atoms with Gasteiger partial charge in [0.15, 0.2) is 0 Å². The SMILES string of the molecule is Cn1ccc(C(=O)N[C@@H]2CC[C@H]2O)n1. The number of hydrogen-bond donors (Lipinski definition) is 2. The molecule has 0 aliphatic heterocycles. The standard InChI is InChI=1S/C9H13N3O2/c1-12-5-4-7(11-12)9(14)10-6-2-3-8(6)13/h4-6,8,13H,2-3H2,1H3,(H,10,14)/t6-,8-/m1/s1. The Morgan fingerprint density at radius 2 is 2.50 bits per heavy atom. The van der Waals surface area contributed by atoms with E-state index in [-0.39, 0.29) is 18.1 Å². The molecule has 1 heterocycles. The minimum atomic E-state index is -0.386. The molecule has 0 saturated heterocycles. The predicted molar refractivity (Wildman–Crippen MR) is 49.7 cm³/mol. The molecule has 0 radical (unpaired) electrons. The number of aliphatic hydroxyl groups is 1. The second kappa shape index (κ2) is 3.42. The van der Waals surface area contributed by atoms with Gasteiger partial charge in [0.25, 0.3) is 5.91 Å². The maximum atomic E-state index is 11.5. The maximum absolute atomic E-state index is 11.5. The Balaban J connectivity index is 1.95. The van der Waals surface area contributed by atoms with E-state index in [9.17, 15) is 9.90 Å². The van der Waals surface area contributed by atoms with Gasteiger partial charge in [0.2, 0.25) is 0 Å². The Morgan fingerprint density at radius 1 is 1.71 bits per heavy atom. The first-order valence-corrected chi connectivity index (χ1v) is 4.65.